The number of methoxy groups -OCH3 is 1. The standard InChI is InChI=1S/C16H21NO4/c1-4-6-7-14(21-5-2)17-15(18)12-8-10-13(11-9-12)16(19)20-3/h8-11H,4-7H2,1-3H3. The third kappa shape index (κ3) is 5.38. The lowest BCUT2D eigenvalue weighted by atomic mass is 10.1. The van der Waals surface area contributed by atoms with Crippen molar-refractivity contribution in [2.45, 2.75) is 33.1 Å². The Balaban J connectivity index is 2.83. The van der Waals surface area contributed by atoms with Crippen LogP contribution in [0, 0.1) is 0 Å². The summed E-state index contributed by atoms with van der Waals surface area (Å²) >= 11 is 0. The van der Waals surface area contributed by atoms with Crippen molar-refractivity contribution >= 4 is 17.8 Å². The minimum absolute atomic E-state index is 0.369. The van der Waals surface area contributed by atoms with E-state index in [1.54, 1.807) is 24.3 Å². The van der Waals surface area contributed by atoms with Gasteiger partial charge in [0.25, 0.3) is 5.91 Å². The number of benzene rings is 1. The lowest BCUT2D eigenvalue weighted by molar-refractivity contribution is 0.0600. The molecule has 0 radical (unpaired) electrons. The number of unbranched alkanes of at least 4 members (excludes halogenated alkanes) is 1. The third-order valence-corrected chi connectivity index (χ3v) is 2.83. The van der Waals surface area contributed by atoms with E-state index in [2.05, 4.69) is 16.7 Å². The summed E-state index contributed by atoms with van der Waals surface area (Å²) in [4.78, 5) is 27.4. The summed E-state index contributed by atoms with van der Waals surface area (Å²) in [6.07, 6.45) is 2.58. The number of esters is 1. The average Bonchev–Trinajstić information content (AvgIpc) is 2.52. The molecule has 1 aromatic rings. The molecular weight excluding hydrogens is 270 g/mol. The van der Waals surface area contributed by atoms with Gasteiger partial charge in [0, 0.05) is 12.0 Å². The van der Waals surface area contributed by atoms with Crippen LogP contribution in [-0.4, -0.2) is 31.5 Å². The molecule has 0 spiro atoms. The van der Waals surface area contributed by atoms with Crippen LogP contribution in [0.15, 0.2) is 29.3 Å². The first kappa shape index (κ1) is 16.9. The maximum absolute atomic E-state index is 12.1. The molecule has 0 fully saturated rings. The van der Waals surface area contributed by atoms with Gasteiger partial charge >= 0.3 is 5.97 Å². The van der Waals surface area contributed by atoms with E-state index >= 15 is 0 Å². The quantitative estimate of drug-likeness (QED) is 0.458. The molecule has 21 heavy (non-hydrogen) atoms. The Morgan fingerprint density at radius 2 is 1.71 bits per heavy atom. The fourth-order valence-electron chi connectivity index (χ4n) is 1.70. The highest BCUT2D eigenvalue weighted by molar-refractivity contribution is 6.02. The minimum Gasteiger partial charge on any atom is -0.481 e. The molecule has 1 aromatic carbocycles. The van der Waals surface area contributed by atoms with Crippen LogP contribution in [0.1, 0.15) is 53.8 Å². The fraction of sp³-hybridized carbons (Fsp3) is 0.438. The summed E-state index contributed by atoms with van der Waals surface area (Å²) in [6, 6.07) is 6.20. The van der Waals surface area contributed by atoms with Crippen LogP contribution in [0.25, 0.3) is 0 Å². The van der Waals surface area contributed by atoms with Gasteiger partial charge < -0.3 is 9.47 Å². The molecule has 0 aliphatic heterocycles. The Morgan fingerprint density at radius 1 is 1.10 bits per heavy atom. The van der Waals surface area contributed by atoms with Crippen molar-refractivity contribution in [2.24, 2.45) is 4.99 Å². The van der Waals surface area contributed by atoms with Crippen molar-refractivity contribution < 1.29 is 19.1 Å². The molecule has 5 heteroatoms. The number of ether oxygens (including phenoxy) is 2. The van der Waals surface area contributed by atoms with Gasteiger partial charge in [-0.1, -0.05) is 13.3 Å². The molecular formula is C16H21NO4. The van der Waals surface area contributed by atoms with E-state index in [0.29, 0.717) is 30.1 Å². The molecule has 0 saturated heterocycles. The van der Waals surface area contributed by atoms with Crippen molar-refractivity contribution in [1.29, 1.82) is 0 Å². The lowest BCUT2D eigenvalue weighted by Crippen LogP contribution is -2.09. The normalized spacial score (nSPS) is 11.1. The molecule has 0 heterocycles. The molecule has 0 aliphatic rings. The molecule has 0 aromatic heterocycles. The Kier molecular flexibility index (Phi) is 7.15. The molecule has 0 saturated carbocycles. The predicted octanol–water partition coefficient (Wildman–Crippen LogP) is 3.24. The van der Waals surface area contributed by atoms with E-state index in [1.165, 1.54) is 7.11 Å². The van der Waals surface area contributed by atoms with E-state index < -0.39 is 5.97 Å². The Labute approximate surface area is 125 Å². The molecule has 0 unspecified atom stereocenters. The van der Waals surface area contributed by atoms with E-state index in [9.17, 15) is 9.59 Å². The molecule has 0 bridgehead atoms. The molecule has 0 atom stereocenters. The molecule has 1 amide bonds. The highest BCUT2D eigenvalue weighted by Crippen LogP contribution is 2.08. The van der Waals surface area contributed by atoms with Crippen molar-refractivity contribution in [3.8, 4) is 0 Å². The first-order chi connectivity index (χ1) is 10.1. The predicted molar refractivity (Wildman–Crippen MR) is 80.7 cm³/mol. The van der Waals surface area contributed by atoms with E-state index in [0.717, 1.165) is 12.8 Å². The maximum Gasteiger partial charge on any atom is 0.337 e. The second-order valence-corrected chi connectivity index (χ2v) is 4.42. The molecule has 0 aliphatic carbocycles. The zero-order chi connectivity index (χ0) is 15.7. The van der Waals surface area contributed by atoms with Crippen LogP contribution in [0.5, 0.6) is 0 Å². The second-order valence-electron chi connectivity index (χ2n) is 4.42. The highest BCUT2D eigenvalue weighted by Gasteiger charge is 2.10. The topological polar surface area (TPSA) is 65.0 Å². The third-order valence-electron chi connectivity index (χ3n) is 2.83. The van der Waals surface area contributed by atoms with Crippen LogP contribution in [0.3, 0.4) is 0 Å². The molecule has 5 nitrogen and oxygen atoms in total. The lowest BCUT2D eigenvalue weighted by Gasteiger charge is -2.06. The summed E-state index contributed by atoms with van der Waals surface area (Å²) in [7, 11) is 1.31. The number of carbonyl (C=O) groups is 2. The Hall–Kier alpha value is -2.17. The first-order valence-corrected chi connectivity index (χ1v) is 7.05. The van der Waals surface area contributed by atoms with Crippen LogP contribution in [-0.2, 0) is 9.47 Å². The minimum atomic E-state index is -0.435. The van der Waals surface area contributed by atoms with Gasteiger partial charge in [0.15, 0.2) is 5.90 Å². The SMILES string of the molecule is CCCCC(=NC(=O)c1ccc(C(=O)OC)cc1)OCC. The van der Waals surface area contributed by atoms with Crippen molar-refractivity contribution in [1.82, 2.24) is 0 Å². The number of hydrogen-bond donors (Lipinski definition) is 0. The number of aliphatic imine (C=N–C) groups is 1. The molecule has 114 valence electrons. The van der Waals surface area contributed by atoms with Gasteiger partial charge in [-0.2, -0.15) is 4.99 Å². The summed E-state index contributed by atoms with van der Waals surface area (Å²) in [5, 5.41) is 0. The fourth-order valence-corrected chi connectivity index (χ4v) is 1.70. The van der Waals surface area contributed by atoms with Crippen molar-refractivity contribution in [3.05, 3.63) is 35.4 Å². The number of amides is 1. The highest BCUT2D eigenvalue weighted by atomic mass is 16.5. The summed E-state index contributed by atoms with van der Waals surface area (Å²) in [5.41, 5.74) is 0.811. The van der Waals surface area contributed by atoms with Gasteiger partial charge in [-0.05, 0) is 37.6 Å². The van der Waals surface area contributed by atoms with Crippen LogP contribution in [0.4, 0.5) is 0 Å². The van der Waals surface area contributed by atoms with E-state index in [4.69, 9.17) is 4.74 Å². The van der Waals surface area contributed by atoms with Gasteiger partial charge in [0.2, 0.25) is 0 Å². The smallest absolute Gasteiger partial charge is 0.337 e. The summed E-state index contributed by atoms with van der Waals surface area (Å²) in [6.45, 7) is 4.41. The molecule has 1 rings (SSSR count). The van der Waals surface area contributed by atoms with Gasteiger partial charge in [-0.3, -0.25) is 4.79 Å². The number of hydrogen-bond acceptors (Lipinski definition) is 4. The zero-order valence-electron chi connectivity index (χ0n) is 12.7. The largest absolute Gasteiger partial charge is 0.481 e. The van der Waals surface area contributed by atoms with Crippen LogP contribution < -0.4 is 0 Å². The van der Waals surface area contributed by atoms with Crippen molar-refractivity contribution in [2.75, 3.05) is 13.7 Å². The Bertz CT molecular complexity index is 506. The first-order valence-electron chi connectivity index (χ1n) is 7.05. The number of rotatable bonds is 6. The van der Waals surface area contributed by atoms with E-state index in [1.807, 2.05) is 6.92 Å². The van der Waals surface area contributed by atoms with Gasteiger partial charge in [-0.15, -0.1) is 0 Å². The number of nitrogens with zero attached hydrogens (tertiary/aromatic N) is 1. The second kappa shape index (κ2) is 8.89. The van der Waals surface area contributed by atoms with Gasteiger partial charge in [-0.25, -0.2) is 4.79 Å². The van der Waals surface area contributed by atoms with Crippen molar-refractivity contribution in [3.63, 3.8) is 0 Å². The van der Waals surface area contributed by atoms with Crippen LogP contribution in [0.2, 0.25) is 0 Å². The summed E-state index contributed by atoms with van der Waals surface area (Å²) in [5.74, 6) is -0.345. The maximum atomic E-state index is 12.1. The zero-order valence-corrected chi connectivity index (χ0v) is 12.7. The van der Waals surface area contributed by atoms with Gasteiger partial charge in [0.1, 0.15) is 0 Å². The van der Waals surface area contributed by atoms with Gasteiger partial charge in [0.05, 0.1) is 19.3 Å². The van der Waals surface area contributed by atoms with Crippen LogP contribution >= 0.6 is 0 Å². The monoisotopic (exact) mass is 291 g/mol. The molecule has 0 N–H and O–H groups in total. The average molecular weight is 291 g/mol. The van der Waals surface area contributed by atoms with E-state index in [-0.39, 0.29) is 5.91 Å². The Morgan fingerprint density at radius 3 is 2.24 bits per heavy atom. The number of carbonyl (C=O) groups excluding carboxylic acids is 2. The summed E-state index contributed by atoms with van der Waals surface area (Å²) < 4.78 is 9.98.